The van der Waals surface area contributed by atoms with Crippen LogP contribution in [0, 0.1) is 27.7 Å². The average molecular weight is 1520 g/mol. The summed E-state index contributed by atoms with van der Waals surface area (Å²) >= 11 is 0. The Hall–Kier alpha value is -15.3. The second-order valence-electron chi connectivity index (χ2n) is 24.6. The maximum Gasteiger partial charge on any atom is 0.326 e. The predicted molar refractivity (Wildman–Crippen MR) is 431 cm³/mol. The first-order valence-corrected chi connectivity index (χ1v) is 35.2. The fourth-order valence-electron chi connectivity index (χ4n) is 10.2. The van der Waals surface area contributed by atoms with Crippen LogP contribution in [0.4, 0.5) is 94.7 Å². The minimum atomic E-state index is -0.483. The van der Waals surface area contributed by atoms with Crippen LogP contribution in [0.15, 0.2) is 201 Å². The number of rotatable bonds is 18. The number of likely N-dealkylation sites (N-methyl/N-ethyl adjacent to an activating group) is 1. The molecule has 12 aromatic heterocycles. The molecule has 1 aliphatic rings. The van der Waals surface area contributed by atoms with Gasteiger partial charge in [0.1, 0.15) is 69.3 Å². The zero-order chi connectivity index (χ0) is 79.4. The summed E-state index contributed by atoms with van der Waals surface area (Å²) in [6, 6.07) is 44.2. The maximum atomic E-state index is 12.4. The van der Waals surface area contributed by atoms with Crippen molar-refractivity contribution in [3.8, 4) is 46.1 Å². The highest BCUT2D eigenvalue weighted by molar-refractivity contribution is 6.01. The van der Waals surface area contributed by atoms with E-state index in [9.17, 15) is 19.2 Å². The van der Waals surface area contributed by atoms with Crippen LogP contribution in [0.5, 0.6) is 0 Å². The molecule has 0 radical (unpaired) electrons. The lowest BCUT2D eigenvalue weighted by Gasteiger charge is -2.33. The average Bonchev–Trinajstić information content (AvgIpc) is 0.858. The third kappa shape index (κ3) is 24.1. The zero-order valence-corrected chi connectivity index (χ0v) is 63.0. The highest BCUT2D eigenvalue weighted by Gasteiger charge is 2.19. The number of urea groups is 4. The van der Waals surface area contributed by atoms with E-state index in [2.05, 4.69) is 164 Å². The van der Waals surface area contributed by atoms with E-state index in [1.54, 1.807) is 144 Å². The standard InChI is InChI=1S/C22H20N8O.C20H23N9O.2C17H18N8O/c1-15-25-20(18-10-6-7-13-23-18)28-21(26-15)29-22(31)27-16-11-12-19(24-14-16)30(2)17-8-4-3-5-9-17;1-14-23-18(16-5-3-4-8-21-16)26-19(24-14)27-20(30)25-15-6-7-17(22-13-15)29-11-9-28(2)10-12-29;1-11-20-15(13-6-4-5-9-18-13)23-16(21-11)24-17(26)22-12-7-8-14(19-10-12)25(2)3;1-3-18-14-8-7-12(10-20-14)23-17(26)25-16-22-11(2)21-15(24-16)13-6-4-5-9-19-13/h3-14H,1-2H3,(H2,25,26,27,28,29,31);3-8,13H,9-12H2,1-2H3,(H2,23,24,25,26,27,30);4-10H,1-3H3,(H2,20,21,22,23,24,26);4-10H,3H2,1-2H3,(H,18,20)(H2,21,22,23,24,25,26). The van der Waals surface area contributed by atoms with Crippen molar-refractivity contribution in [2.24, 2.45) is 0 Å². The number of para-hydroxylation sites is 1. The van der Waals surface area contributed by atoms with Crippen LogP contribution in [-0.4, -0.2) is 190 Å². The van der Waals surface area contributed by atoms with Crippen molar-refractivity contribution in [3.63, 3.8) is 0 Å². The number of aryl methyl sites for hydroxylation is 4. The molecular weight excluding hydrogens is 1440 g/mol. The number of nitrogens with zero attached hydrogens (tertiary/aromatic N) is 24. The van der Waals surface area contributed by atoms with Gasteiger partial charge in [0.05, 0.1) is 47.5 Å². The van der Waals surface area contributed by atoms with E-state index in [4.69, 9.17) is 0 Å². The number of aromatic nitrogens is 20. The highest BCUT2D eigenvalue weighted by Crippen LogP contribution is 2.25. The maximum absolute atomic E-state index is 12.4. The number of amides is 8. The van der Waals surface area contributed by atoms with Crippen LogP contribution >= 0.6 is 0 Å². The summed E-state index contributed by atoms with van der Waals surface area (Å²) in [7, 11) is 7.83. The number of piperazine rings is 1. The molecule has 1 saturated heterocycles. The molecule has 0 spiro atoms. The van der Waals surface area contributed by atoms with Gasteiger partial charge in [-0.25, -0.2) is 59.0 Å². The normalized spacial score (nSPS) is 11.4. The number of pyridine rings is 8. The third-order valence-corrected chi connectivity index (χ3v) is 15.6. The largest absolute Gasteiger partial charge is 0.370 e. The molecule has 14 rings (SSSR count). The number of nitrogens with one attached hydrogen (secondary N) is 9. The van der Waals surface area contributed by atoms with Gasteiger partial charge in [-0.1, -0.05) is 42.5 Å². The fourth-order valence-corrected chi connectivity index (χ4v) is 10.2. The highest BCUT2D eigenvalue weighted by atomic mass is 16.2. The Morgan fingerprint density at radius 1 is 0.354 bits per heavy atom. The number of hydrogen-bond donors (Lipinski definition) is 9. The molecule has 37 heteroatoms. The Labute approximate surface area is 649 Å². The molecule has 572 valence electrons. The summed E-state index contributed by atoms with van der Waals surface area (Å²) in [5.41, 5.74) is 5.66. The van der Waals surface area contributed by atoms with E-state index >= 15 is 0 Å². The topological polar surface area (TPSA) is 447 Å². The molecule has 8 amide bonds. The van der Waals surface area contributed by atoms with Crippen LogP contribution in [0.25, 0.3) is 46.1 Å². The van der Waals surface area contributed by atoms with Crippen LogP contribution < -0.4 is 62.6 Å². The summed E-state index contributed by atoms with van der Waals surface area (Å²) < 4.78 is 0. The molecule has 1 aliphatic heterocycles. The van der Waals surface area contributed by atoms with Crippen molar-refractivity contribution in [1.29, 1.82) is 0 Å². The number of anilines is 13. The minimum absolute atomic E-state index is 0.138. The van der Waals surface area contributed by atoms with Crippen molar-refractivity contribution in [3.05, 3.63) is 225 Å². The van der Waals surface area contributed by atoms with Gasteiger partial charge in [0.2, 0.25) is 23.8 Å². The number of carbonyl (C=O) groups excluding carboxylic acids is 4. The van der Waals surface area contributed by atoms with Gasteiger partial charge >= 0.3 is 24.1 Å². The molecule has 9 N–H and O–H groups in total. The molecule has 113 heavy (non-hydrogen) atoms. The lowest BCUT2D eigenvalue weighted by Crippen LogP contribution is -2.44. The Balaban J connectivity index is 0.000000149. The van der Waals surface area contributed by atoms with Gasteiger partial charge in [0.25, 0.3) is 0 Å². The minimum Gasteiger partial charge on any atom is -0.370 e. The molecule has 0 atom stereocenters. The van der Waals surface area contributed by atoms with E-state index in [0.29, 0.717) is 92.1 Å². The van der Waals surface area contributed by atoms with E-state index in [1.165, 1.54) is 0 Å². The molecule has 37 nitrogen and oxygen atoms in total. The smallest absolute Gasteiger partial charge is 0.326 e. The molecule has 13 aromatic rings. The van der Waals surface area contributed by atoms with Crippen LogP contribution in [0.2, 0.25) is 0 Å². The zero-order valence-electron chi connectivity index (χ0n) is 63.0. The quantitative estimate of drug-likeness (QED) is 0.0385. The number of benzene rings is 1. The monoisotopic (exact) mass is 1520 g/mol. The molecule has 0 unspecified atom stereocenters. The Morgan fingerprint density at radius 3 is 1.01 bits per heavy atom. The summed E-state index contributed by atoms with van der Waals surface area (Å²) in [6.45, 7) is 13.6. The molecule has 1 aromatic carbocycles. The SMILES string of the molecule is CCNc1ccc(NC(=O)Nc2nc(C)nc(-c3ccccn3)n2)cn1.Cc1nc(NC(=O)Nc2ccc(N(C)C)nc2)nc(-c2ccccn2)n1.Cc1nc(NC(=O)Nc2ccc(N(C)c3ccccc3)nc2)nc(-c2ccccn2)n1.Cc1nc(NC(=O)Nc2ccc(N3CCN(C)CC3)nc2)nc(-c2ccccn2)n1. The van der Waals surface area contributed by atoms with Crippen LogP contribution in [-0.2, 0) is 0 Å². The molecule has 0 saturated carbocycles. The summed E-state index contributed by atoms with van der Waals surface area (Å²) in [4.78, 5) is 142. The van der Waals surface area contributed by atoms with Crippen LogP contribution in [0.1, 0.15) is 30.2 Å². The van der Waals surface area contributed by atoms with Crippen molar-refractivity contribution >= 4 is 99.6 Å². The lowest BCUT2D eigenvalue weighted by atomic mass is 10.3. The first-order chi connectivity index (χ1) is 54.8. The first-order valence-electron chi connectivity index (χ1n) is 35.2. The summed E-state index contributed by atoms with van der Waals surface area (Å²) in [5.74, 6) is 7.28. The van der Waals surface area contributed by atoms with Gasteiger partial charge in [-0.2, -0.15) is 39.9 Å². The molecule has 1 fully saturated rings. The van der Waals surface area contributed by atoms with Crippen molar-refractivity contribution in [2.45, 2.75) is 34.6 Å². The molecule has 0 bridgehead atoms. The van der Waals surface area contributed by atoms with Crippen molar-refractivity contribution < 1.29 is 19.2 Å². The first kappa shape index (κ1) is 78.8. The Bertz CT molecular complexity index is 5260. The van der Waals surface area contributed by atoms with E-state index in [1.807, 2.05) is 123 Å². The van der Waals surface area contributed by atoms with Gasteiger partial charge in [0, 0.05) is 84.3 Å². The second-order valence-corrected chi connectivity index (χ2v) is 24.6. The van der Waals surface area contributed by atoms with Gasteiger partial charge in [-0.3, -0.25) is 41.2 Å². The van der Waals surface area contributed by atoms with E-state index in [-0.39, 0.29) is 23.8 Å². The number of carbonyl (C=O) groups is 4. The van der Waals surface area contributed by atoms with Crippen molar-refractivity contribution in [1.82, 2.24) is 105 Å². The molecule has 0 aliphatic carbocycles. The van der Waals surface area contributed by atoms with Gasteiger partial charge in [-0.05, 0) is 151 Å². The Morgan fingerprint density at radius 2 is 0.699 bits per heavy atom. The van der Waals surface area contributed by atoms with Gasteiger partial charge in [0.15, 0.2) is 23.3 Å². The van der Waals surface area contributed by atoms with Crippen molar-refractivity contribution in [2.75, 3.05) is 123 Å². The van der Waals surface area contributed by atoms with E-state index < -0.39 is 24.1 Å². The molecule has 13 heterocycles. The fraction of sp³-hybridized carbons (Fsp3) is 0.184. The summed E-state index contributed by atoms with van der Waals surface area (Å²) in [5, 5.41) is 24.4. The second kappa shape index (κ2) is 39.0. The Kier molecular flexibility index (Phi) is 27.2. The van der Waals surface area contributed by atoms with Gasteiger partial charge < -0.3 is 46.2 Å². The lowest BCUT2D eigenvalue weighted by molar-refractivity contribution is 0.261. The number of hydrogen-bond acceptors (Lipinski definition) is 29. The predicted octanol–water partition coefficient (Wildman–Crippen LogP) is 11.1. The third-order valence-electron chi connectivity index (χ3n) is 15.6. The van der Waals surface area contributed by atoms with E-state index in [0.717, 1.165) is 61.7 Å². The summed E-state index contributed by atoms with van der Waals surface area (Å²) in [6.07, 6.45) is 13.0. The molecular formula is C76H79N33O4. The van der Waals surface area contributed by atoms with Crippen LogP contribution in [0.3, 0.4) is 0 Å². The van der Waals surface area contributed by atoms with Gasteiger partial charge in [-0.15, -0.1) is 0 Å².